The molecule has 0 heterocycles. The minimum atomic E-state index is -3.23. The van der Waals surface area contributed by atoms with Crippen molar-refractivity contribution in [1.82, 2.24) is 5.43 Å². The van der Waals surface area contributed by atoms with E-state index in [9.17, 15) is 8.42 Å². The van der Waals surface area contributed by atoms with Crippen molar-refractivity contribution in [2.45, 2.75) is 24.8 Å². The smallest absolute Gasteiger partial charge is 0.175 e. The molecule has 2 aromatic rings. The van der Waals surface area contributed by atoms with Crippen LogP contribution in [0.4, 0.5) is 0 Å². The van der Waals surface area contributed by atoms with Crippen molar-refractivity contribution < 1.29 is 8.42 Å². The topological polar surface area (TPSA) is 72.2 Å². The van der Waals surface area contributed by atoms with E-state index in [1.807, 2.05) is 32.0 Å². The van der Waals surface area contributed by atoms with Gasteiger partial charge in [-0.2, -0.15) is 0 Å². The third-order valence-corrected chi connectivity index (χ3v) is 4.47. The zero-order valence-corrected chi connectivity index (χ0v) is 13.2. The van der Waals surface area contributed by atoms with Gasteiger partial charge >= 0.3 is 0 Å². The fourth-order valence-electron chi connectivity index (χ4n) is 2.49. The number of nitrogens with two attached hydrogens (primary N) is 1. The molecule has 4 nitrogen and oxygen atoms in total. The molecule has 0 saturated carbocycles. The SMILES string of the molecule is Cc1cc(C)cc(C(NN)c2cccc(S(C)(=O)=O)c2)c1. The van der Waals surface area contributed by atoms with Crippen molar-refractivity contribution in [2.75, 3.05) is 6.26 Å². The van der Waals surface area contributed by atoms with Crippen LogP contribution in [-0.2, 0) is 9.84 Å². The Kier molecular flexibility index (Phi) is 4.46. The average Bonchev–Trinajstić information content (AvgIpc) is 2.38. The Morgan fingerprint density at radius 3 is 2.14 bits per heavy atom. The van der Waals surface area contributed by atoms with Crippen molar-refractivity contribution >= 4 is 9.84 Å². The molecule has 3 N–H and O–H groups in total. The summed E-state index contributed by atoms with van der Waals surface area (Å²) in [6.45, 7) is 4.05. The maximum Gasteiger partial charge on any atom is 0.175 e. The van der Waals surface area contributed by atoms with Crippen LogP contribution in [0.2, 0.25) is 0 Å². The van der Waals surface area contributed by atoms with Gasteiger partial charge in [-0.25, -0.2) is 13.8 Å². The lowest BCUT2D eigenvalue weighted by Crippen LogP contribution is -2.29. The highest BCUT2D eigenvalue weighted by Gasteiger charge is 2.16. The Labute approximate surface area is 125 Å². The maximum absolute atomic E-state index is 11.7. The van der Waals surface area contributed by atoms with Gasteiger partial charge in [-0.1, -0.05) is 41.5 Å². The van der Waals surface area contributed by atoms with Crippen LogP contribution in [0, 0.1) is 13.8 Å². The summed E-state index contributed by atoms with van der Waals surface area (Å²) in [5.74, 6) is 5.70. The Hall–Kier alpha value is -1.69. The number of sulfone groups is 1. The second-order valence-corrected chi connectivity index (χ2v) is 7.38. The van der Waals surface area contributed by atoms with Gasteiger partial charge in [0.25, 0.3) is 0 Å². The molecule has 0 fully saturated rings. The van der Waals surface area contributed by atoms with Crippen LogP contribution in [-0.4, -0.2) is 14.7 Å². The van der Waals surface area contributed by atoms with Gasteiger partial charge in [0.1, 0.15) is 0 Å². The van der Waals surface area contributed by atoms with Crippen LogP contribution >= 0.6 is 0 Å². The van der Waals surface area contributed by atoms with Gasteiger partial charge in [0.05, 0.1) is 10.9 Å². The maximum atomic E-state index is 11.7. The first-order valence-corrected chi connectivity index (χ1v) is 8.55. The van der Waals surface area contributed by atoms with Crippen molar-refractivity contribution in [1.29, 1.82) is 0 Å². The van der Waals surface area contributed by atoms with Gasteiger partial charge < -0.3 is 0 Å². The van der Waals surface area contributed by atoms with Crippen LogP contribution in [0.25, 0.3) is 0 Å². The van der Waals surface area contributed by atoms with Gasteiger partial charge in [0, 0.05) is 6.26 Å². The molecule has 0 aliphatic carbocycles. The first-order chi connectivity index (χ1) is 9.81. The standard InChI is InChI=1S/C16H20N2O2S/c1-11-7-12(2)9-14(8-11)16(18-17)13-5-4-6-15(10-13)21(3,19)20/h4-10,16,18H,17H2,1-3H3. The molecule has 21 heavy (non-hydrogen) atoms. The van der Waals surface area contributed by atoms with E-state index in [1.165, 1.54) is 6.26 Å². The first-order valence-electron chi connectivity index (χ1n) is 6.65. The Balaban J connectivity index is 2.51. The molecule has 1 atom stereocenters. The number of aryl methyl sites for hydroxylation is 2. The molecule has 0 spiro atoms. The average molecular weight is 304 g/mol. The van der Waals surface area contributed by atoms with E-state index in [4.69, 9.17) is 5.84 Å². The lowest BCUT2D eigenvalue weighted by molar-refractivity contribution is 0.600. The fraction of sp³-hybridized carbons (Fsp3) is 0.250. The van der Waals surface area contributed by atoms with Gasteiger partial charge in [-0.3, -0.25) is 5.84 Å². The molecule has 1 unspecified atom stereocenters. The van der Waals surface area contributed by atoms with Gasteiger partial charge in [0.15, 0.2) is 9.84 Å². The molecule has 0 aliphatic rings. The molecule has 2 rings (SSSR count). The highest BCUT2D eigenvalue weighted by molar-refractivity contribution is 7.90. The van der Waals surface area contributed by atoms with E-state index in [-0.39, 0.29) is 6.04 Å². The van der Waals surface area contributed by atoms with Crippen molar-refractivity contribution in [3.8, 4) is 0 Å². The van der Waals surface area contributed by atoms with Crippen molar-refractivity contribution in [2.24, 2.45) is 5.84 Å². The summed E-state index contributed by atoms with van der Waals surface area (Å²) in [5, 5.41) is 0. The lowest BCUT2D eigenvalue weighted by Gasteiger charge is -2.19. The summed E-state index contributed by atoms with van der Waals surface area (Å²) >= 11 is 0. The van der Waals surface area contributed by atoms with E-state index in [1.54, 1.807) is 18.2 Å². The Morgan fingerprint density at radius 2 is 1.62 bits per heavy atom. The van der Waals surface area contributed by atoms with E-state index < -0.39 is 9.84 Å². The molecule has 0 amide bonds. The normalized spacial score (nSPS) is 13.1. The van der Waals surface area contributed by atoms with Crippen LogP contribution in [0.15, 0.2) is 47.4 Å². The molecule has 5 heteroatoms. The van der Waals surface area contributed by atoms with Crippen molar-refractivity contribution in [3.05, 3.63) is 64.7 Å². The number of hydrogen-bond donors (Lipinski definition) is 2. The lowest BCUT2D eigenvalue weighted by atomic mass is 9.96. The summed E-state index contributed by atoms with van der Waals surface area (Å²) in [4.78, 5) is 0.296. The number of benzene rings is 2. The minimum Gasteiger partial charge on any atom is -0.271 e. The largest absolute Gasteiger partial charge is 0.271 e. The minimum absolute atomic E-state index is 0.245. The molecule has 2 aromatic carbocycles. The molecule has 0 aliphatic heterocycles. The third-order valence-electron chi connectivity index (χ3n) is 3.36. The molecule has 0 aromatic heterocycles. The fourth-order valence-corrected chi connectivity index (χ4v) is 3.16. The summed E-state index contributed by atoms with van der Waals surface area (Å²) in [6.07, 6.45) is 1.20. The summed E-state index contributed by atoms with van der Waals surface area (Å²) in [5.41, 5.74) is 6.90. The van der Waals surface area contributed by atoms with E-state index in [2.05, 4.69) is 11.5 Å². The predicted molar refractivity (Wildman–Crippen MR) is 84.6 cm³/mol. The second kappa shape index (κ2) is 5.97. The van der Waals surface area contributed by atoms with Crippen LogP contribution in [0.5, 0.6) is 0 Å². The number of rotatable bonds is 4. The quantitative estimate of drug-likeness (QED) is 0.671. The van der Waals surface area contributed by atoms with Gasteiger partial charge in [-0.15, -0.1) is 0 Å². The van der Waals surface area contributed by atoms with Crippen molar-refractivity contribution in [3.63, 3.8) is 0 Å². The zero-order valence-electron chi connectivity index (χ0n) is 12.4. The number of hydrazine groups is 1. The number of nitrogens with one attached hydrogen (secondary N) is 1. The molecule has 112 valence electrons. The van der Waals surface area contributed by atoms with Gasteiger partial charge in [-0.05, 0) is 37.1 Å². The molecule has 0 saturated heterocycles. The molecule has 0 bridgehead atoms. The summed E-state index contributed by atoms with van der Waals surface area (Å²) in [7, 11) is -3.23. The highest BCUT2D eigenvalue weighted by atomic mass is 32.2. The van der Waals surface area contributed by atoms with E-state index in [0.717, 1.165) is 22.3 Å². The highest BCUT2D eigenvalue weighted by Crippen LogP contribution is 2.25. The van der Waals surface area contributed by atoms with Crippen LogP contribution < -0.4 is 11.3 Å². The predicted octanol–water partition coefficient (Wildman–Crippen LogP) is 2.26. The third kappa shape index (κ3) is 3.69. The number of hydrogen-bond acceptors (Lipinski definition) is 4. The van der Waals surface area contributed by atoms with Gasteiger partial charge in [0.2, 0.25) is 0 Å². The molecular weight excluding hydrogens is 284 g/mol. The van der Waals surface area contributed by atoms with E-state index in [0.29, 0.717) is 4.90 Å². The monoisotopic (exact) mass is 304 g/mol. The summed E-state index contributed by atoms with van der Waals surface area (Å²) in [6, 6.07) is 12.8. The first kappa shape index (κ1) is 15.7. The van der Waals surface area contributed by atoms with Crippen LogP contribution in [0.3, 0.4) is 0 Å². The second-order valence-electron chi connectivity index (χ2n) is 5.37. The molecule has 0 radical (unpaired) electrons. The van der Waals surface area contributed by atoms with Crippen LogP contribution in [0.1, 0.15) is 28.3 Å². The zero-order chi connectivity index (χ0) is 15.6. The molecular formula is C16H20N2O2S. The van der Waals surface area contributed by atoms with E-state index >= 15 is 0 Å². The Bertz CT molecular complexity index is 734. The Morgan fingerprint density at radius 1 is 1.00 bits per heavy atom. The summed E-state index contributed by atoms with van der Waals surface area (Å²) < 4.78 is 23.4.